The van der Waals surface area contributed by atoms with Crippen molar-refractivity contribution in [1.82, 2.24) is 0 Å². The first-order valence-corrected chi connectivity index (χ1v) is 8.17. The quantitative estimate of drug-likeness (QED) is 0.771. The second kappa shape index (κ2) is 7.11. The molecule has 1 aliphatic rings. The minimum atomic E-state index is -0.483. The van der Waals surface area contributed by atoms with Crippen LogP contribution in [0.25, 0.3) is 0 Å². The van der Waals surface area contributed by atoms with Gasteiger partial charge in [0.25, 0.3) is 0 Å². The number of nitrogens with one attached hydrogen (secondary N) is 3. The topological polar surface area (TPSA) is 70.2 Å². The maximum absolute atomic E-state index is 12.3. The van der Waals surface area contributed by atoms with Crippen LogP contribution in [0.4, 0.5) is 17.1 Å². The summed E-state index contributed by atoms with van der Waals surface area (Å²) in [5.41, 5.74) is 2.02. The van der Waals surface area contributed by atoms with Gasteiger partial charge in [-0.3, -0.25) is 9.59 Å². The van der Waals surface area contributed by atoms with E-state index in [1.165, 1.54) is 0 Å². The number of carbonyl (C=O) groups is 2. The molecule has 5 nitrogen and oxygen atoms in total. The molecular formula is C17H15Cl2N3O2. The van der Waals surface area contributed by atoms with Crippen LogP contribution in [0.1, 0.15) is 6.42 Å². The minimum absolute atomic E-state index is 0.0474. The van der Waals surface area contributed by atoms with Crippen molar-refractivity contribution in [3.05, 3.63) is 52.5 Å². The van der Waals surface area contributed by atoms with Crippen LogP contribution in [-0.4, -0.2) is 18.4 Å². The summed E-state index contributed by atoms with van der Waals surface area (Å²) in [5.74, 6) is -0.958. The number of benzene rings is 2. The Morgan fingerprint density at radius 3 is 2.67 bits per heavy atom. The maximum Gasteiger partial charge on any atom is 0.229 e. The Hall–Kier alpha value is -2.24. The maximum atomic E-state index is 12.3. The predicted molar refractivity (Wildman–Crippen MR) is 96.8 cm³/mol. The van der Waals surface area contributed by atoms with E-state index in [9.17, 15) is 9.59 Å². The molecule has 0 radical (unpaired) electrons. The highest BCUT2D eigenvalue weighted by Crippen LogP contribution is 2.27. The lowest BCUT2D eigenvalue weighted by molar-refractivity contribution is -0.124. The molecule has 24 heavy (non-hydrogen) atoms. The van der Waals surface area contributed by atoms with Gasteiger partial charge in [0.1, 0.15) is 0 Å². The number of rotatable bonds is 3. The van der Waals surface area contributed by atoms with E-state index in [4.69, 9.17) is 23.2 Å². The van der Waals surface area contributed by atoms with Crippen molar-refractivity contribution in [2.24, 2.45) is 5.92 Å². The predicted octanol–water partition coefficient (Wildman–Crippen LogP) is 4.00. The Balaban J connectivity index is 1.65. The van der Waals surface area contributed by atoms with Gasteiger partial charge in [-0.05, 0) is 30.3 Å². The van der Waals surface area contributed by atoms with Crippen LogP contribution in [0.15, 0.2) is 42.5 Å². The first-order valence-electron chi connectivity index (χ1n) is 7.41. The molecule has 0 bridgehead atoms. The number of amides is 2. The number of carbonyl (C=O) groups excluding carboxylic acids is 2. The number of hydrogen-bond acceptors (Lipinski definition) is 3. The Bertz CT molecular complexity index is 795. The standard InChI is InChI=1S/C17H15Cl2N3O2/c18-11-5-6-13(12(19)8-11)21-16(23)7-10-9-20-14-3-1-2-4-15(14)22-17(10)24/h1-6,8,10,20H,7,9H2,(H,21,23)(H,22,24). The van der Waals surface area contributed by atoms with Gasteiger partial charge in [0.05, 0.1) is 28.0 Å². The fourth-order valence-corrected chi connectivity index (χ4v) is 2.94. The lowest BCUT2D eigenvalue weighted by Gasteiger charge is -2.14. The monoisotopic (exact) mass is 363 g/mol. The molecule has 1 aliphatic heterocycles. The lowest BCUT2D eigenvalue weighted by atomic mass is 10.0. The molecule has 1 unspecified atom stereocenters. The van der Waals surface area contributed by atoms with Crippen molar-refractivity contribution in [2.45, 2.75) is 6.42 Å². The third-order valence-corrected chi connectivity index (χ3v) is 4.28. The summed E-state index contributed by atoms with van der Waals surface area (Å²) < 4.78 is 0. The van der Waals surface area contributed by atoms with E-state index in [2.05, 4.69) is 16.0 Å². The van der Waals surface area contributed by atoms with E-state index < -0.39 is 5.92 Å². The van der Waals surface area contributed by atoms with Gasteiger partial charge < -0.3 is 16.0 Å². The second-order valence-electron chi connectivity index (χ2n) is 5.49. The van der Waals surface area contributed by atoms with Crippen molar-refractivity contribution in [1.29, 1.82) is 0 Å². The first kappa shape index (κ1) is 16.6. The Morgan fingerprint density at radius 2 is 1.92 bits per heavy atom. The smallest absolute Gasteiger partial charge is 0.229 e. The highest BCUT2D eigenvalue weighted by atomic mass is 35.5. The Morgan fingerprint density at radius 1 is 1.17 bits per heavy atom. The van der Waals surface area contributed by atoms with E-state index in [1.54, 1.807) is 18.2 Å². The largest absolute Gasteiger partial charge is 0.383 e. The van der Waals surface area contributed by atoms with Gasteiger partial charge in [0, 0.05) is 18.0 Å². The molecule has 0 saturated carbocycles. The highest BCUT2D eigenvalue weighted by molar-refractivity contribution is 6.36. The minimum Gasteiger partial charge on any atom is -0.383 e. The Labute approximate surface area is 149 Å². The summed E-state index contributed by atoms with van der Waals surface area (Å²) in [6.45, 7) is 0.380. The zero-order valence-corrected chi connectivity index (χ0v) is 14.1. The third-order valence-electron chi connectivity index (χ3n) is 3.73. The SMILES string of the molecule is O=C(CC1CNc2ccccc2NC1=O)Nc1ccc(Cl)cc1Cl. The summed E-state index contributed by atoms with van der Waals surface area (Å²) >= 11 is 11.9. The number of hydrogen-bond donors (Lipinski definition) is 3. The lowest BCUT2D eigenvalue weighted by Crippen LogP contribution is -2.30. The molecular weight excluding hydrogens is 349 g/mol. The van der Waals surface area contributed by atoms with Crippen LogP contribution < -0.4 is 16.0 Å². The van der Waals surface area contributed by atoms with Gasteiger partial charge in [-0.15, -0.1) is 0 Å². The average Bonchev–Trinajstić information content (AvgIpc) is 2.70. The average molecular weight is 364 g/mol. The number of para-hydroxylation sites is 2. The molecule has 0 spiro atoms. The van der Waals surface area contributed by atoms with E-state index in [0.717, 1.165) is 5.69 Å². The van der Waals surface area contributed by atoms with Gasteiger partial charge in [0.15, 0.2) is 0 Å². The van der Waals surface area contributed by atoms with Crippen molar-refractivity contribution in [3.8, 4) is 0 Å². The summed E-state index contributed by atoms with van der Waals surface area (Å²) in [5, 5.41) is 9.57. The van der Waals surface area contributed by atoms with E-state index in [-0.39, 0.29) is 18.2 Å². The highest BCUT2D eigenvalue weighted by Gasteiger charge is 2.25. The molecule has 2 amide bonds. The zero-order valence-electron chi connectivity index (χ0n) is 12.6. The summed E-state index contributed by atoms with van der Waals surface area (Å²) in [6.07, 6.45) is 0.0474. The third kappa shape index (κ3) is 3.80. The van der Waals surface area contributed by atoms with E-state index in [0.29, 0.717) is 28.0 Å². The van der Waals surface area contributed by atoms with Crippen LogP contribution in [0.5, 0.6) is 0 Å². The van der Waals surface area contributed by atoms with Crippen molar-refractivity contribution in [2.75, 3.05) is 22.5 Å². The number of anilines is 3. The zero-order chi connectivity index (χ0) is 17.1. The van der Waals surface area contributed by atoms with Crippen LogP contribution in [-0.2, 0) is 9.59 Å². The Kier molecular flexibility index (Phi) is 4.92. The fourth-order valence-electron chi connectivity index (χ4n) is 2.49. The molecule has 0 aliphatic carbocycles. The van der Waals surface area contributed by atoms with Gasteiger partial charge >= 0.3 is 0 Å². The van der Waals surface area contributed by atoms with Crippen molar-refractivity contribution in [3.63, 3.8) is 0 Å². The van der Waals surface area contributed by atoms with Gasteiger partial charge in [0.2, 0.25) is 11.8 Å². The molecule has 1 heterocycles. The van der Waals surface area contributed by atoms with E-state index in [1.807, 2.05) is 24.3 Å². The molecule has 0 saturated heterocycles. The molecule has 124 valence electrons. The number of halogens is 2. The molecule has 1 atom stereocenters. The molecule has 0 fully saturated rings. The molecule has 2 aromatic rings. The molecule has 2 aromatic carbocycles. The van der Waals surface area contributed by atoms with Crippen LogP contribution in [0, 0.1) is 5.92 Å². The van der Waals surface area contributed by atoms with Crippen LogP contribution in [0.2, 0.25) is 10.0 Å². The van der Waals surface area contributed by atoms with Gasteiger partial charge in [-0.1, -0.05) is 35.3 Å². The molecule has 0 aromatic heterocycles. The number of fused-ring (bicyclic) bond motifs is 1. The van der Waals surface area contributed by atoms with Gasteiger partial charge in [-0.2, -0.15) is 0 Å². The van der Waals surface area contributed by atoms with Crippen LogP contribution >= 0.6 is 23.2 Å². The summed E-state index contributed by atoms with van der Waals surface area (Å²) in [4.78, 5) is 24.5. The molecule has 7 heteroatoms. The molecule has 3 N–H and O–H groups in total. The van der Waals surface area contributed by atoms with Crippen LogP contribution in [0.3, 0.4) is 0 Å². The fraction of sp³-hybridized carbons (Fsp3) is 0.176. The summed E-state index contributed by atoms with van der Waals surface area (Å²) in [7, 11) is 0. The summed E-state index contributed by atoms with van der Waals surface area (Å²) in [6, 6.07) is 12.2. The second-order valence-corrected chi connectivity index (χ2v) is 6.33. The van der Waals surface area contributed by atoms with Crippen molar-refractivity contribution >= 4 is 52.1 Å². The van der Waals surface area contributed by atoms with Gasteiger partial charge in [-0.25, -0.2) is 0 Å². The molecule has 3 rings (SSSR count). The van der Waals surface area contributed by atoms with E-state index >= 15 is 0 Å². The normalized spacial score (nSPS) is 16.4. The van der Waals surface area contributed by atoms with Crippen molar-refractivity contribution < 1.29 is 9.59 Å². The first-order chi connectivity index (χ1) is 11.5.